The molecule has 112 valence electrons. The largest absolute Gasteiger partial charge is 0.359 e. The lowest BCUT2D eigenvalue weighted by atomic mass is 10.2. The van der Waals surface area contributed by atoms with E-state index in [-0.39, 0.29) is 16.3 Å². The Bertz CT molecular complexity index is 749. The number of benzene rings is 1. The van der Waals surface area contributed by atoms with Gasteiger partial charge in [-0.15, -0.1) is 0 Å². The first kappa shape index (κ1) is 15.2. The molecule has 0 bridgehead atoms. The second-order valence-corrected chi connectivity index (χ2v) is 6.82. The molecule has 0 aliphatic heterocycles. The van der Waals surface area contributed by atoms with Gasteiger partial charge in [0.05, 0.1) is 4.90 Å². The fourth-order valence-corrected chi connectivity index (χ4v) is 3.07. The molecule has 2 N–H and O–H groups in total. The van der Waals surface area contributed by atoms with Gasteiger partial charge in [-0.1, -0.05) is 22.9 Å². The van der Waals surface area contributed by atoms with Crippen LogP contribution in [0.4, 0.5) is 0 Å². The summed E-state index contributed by atoms with van der Waals surface area (Å²) in [7, 11) is -3.66. The molecule has 7 nitrogen and oxygen atoms in total. The Morgan fingerprint density at radius 2 is 1.95 bits per heavy atom. The van der Waals surface area contributed by atoms with Crippen LogP contribution in [0.3, 0.4) is 0 Å². The van der Waals surface area contributed by atoms with Gasteiger partial charge in [-0.05, 0) is 26.0 Å². The lowest BCUT2D eigenvalue weighted by Gasteiger charge is -2.09. The first-order valence-electron chi connectivity index (χ1n) is 6.08. The van der Waals surface area contributed by atoms with Crippen LogP contribution < -0.4 is 5.48 Å². The molecule has 0 fully saturated rings. The molecule has 0 aliphatic rings. The minimum Gasteiger partial charge on any atom is -0.359 e. The Balaban J connectivity index is 2.34. The van der Waals surface area contributed by atoms with Crippen LogP contribution in [0.2, 0.25) is 0 Å². The molecule has 1 amide bonds. The Morgan fingerprint density at radius 1 is 1.33 bits per heavy atom. The number of sulfone groups is 1. The average molecular weight is 310 g/mol. The van der Waals surface area contributed by atoms with E-state index in [0.717, 1.165) is 5.56 Å². The van der Waals surface area contributed by atoms with Crippen molar-refractivity contribution in [2.45, 2.75) is 24.0 Å². The molecule has 0 spiro atoms. The van der Waals surface area contributed by atoms with E-state index in [1.807, 2.05) is 6.92 Å². The Hall–Kier alpha value is -2.19. The first-order valence-corrected chi connectivity index (χ1v) is 7.62. The topological polar surface area (TPSA) is 110 Å². The minimum atomic E-state index is -3.66. The Morgan fingerprint density at radius 3 is 2.52 bits per heavy atom. The van der Waals surface area contributed by atoms with Crippen molar-refractivity contribution in [1.82, 2.24) is 10.6 Å². The van der Waals surface area contributed by atoms with Crippen molar-refractivity contribution >= 4 is 15.7 Å². The highest BCUT2D eigenvalue weighted by atomic mass is 32.2. The molecule has 1 aromatic carbocycles. The molecule has 1 unspecified atom stereocenters. The van der Waals surface area contributed by atoms with Crippen LogP contribution >= 0.6 is 0 Å². The third-order valence-electron chi connectivity index (χ3n) is 3.08. The first-order chi connectivity index (χ1) is 9.86. The summed E-state index contributed by atoms with van der Waals surface area (Å²) in [6, 6.07) is 7.61. The van der Waals surface area contributed by atoms with Crippen molar-refractivity contribution in [3.05, 3.63) is 47.3 Å². The smallest absolute Gasteiger partial charge is 0.296 e. The zero-order chi connectivity index (χ0) is 15.6. The van der Waals surface area contributed by atoms with Gasteiger partial charge in [0.1, 0.15) is 5.25 Å². The van der Waals surface area contributed by atoms with Gasteiger partial charge in [0.15, 0.2) is 21.3 Å². The number of carbonyl (C=O) groups is 1. The molecule has 0 radical (unpaired) electrons. The van der Waals surface area contributed by atoms with Crippen molar-refractivity contribution in [2.24, 2.45) is 0 Å². The van der Waals surface area contributed by atoms with Crippen molar-refractivity contribution < 1.29 is 22.9 Å². The van der Waals surface area contributed by atoms with Crippen LogP contribution in [0.25, 0.3) is 0 Å². The SMILES string of the molecule is Cc1ccc(S(=O)(=O)C(C)c2cc(C(=O)NO)no2)cc1. The van der Waals surface area contributed by atoms with Gasteiger partial charge in [-0.3, -0.25) is 10.0 Å². The highest BCUT2D eigenvalue weighted by molar-refractivity contribution is 7.91. The van der Waals surface area contributed by atoms with E-state index >= 15 is 0 Å². The number of carbonyl (C=O) groups excluding carboxylic acids is 1. The number of rotatable bonds is 4. The number of aromatic nitrogens is 1. The molecule has 8 heteroatoms. The highest BCUT2D eigenvalue weighted by Gasteiger charge is 2.29. The molecular weight excluding hydrogens is 296 g/mol. The second kappa shape index (κ2) is 5.66. The van der Waals surface area contributed by atoms with E-state index in [0.29, 0.717) is 0 Å². The predicted octanol–water partition coefficient (Wildman–Crippen LogP) is 1.64. The summed E-state index contributed by atoms with van der Waals surface area (Å²) in [5.41, 5.74) is 2.15. The number of nitrogens with one attached hydrogen (secondary N) is 1. The Kier molecular flexibility index (Phi) is 4.10. The molecule has 2 rings (SSSR count). The quantitative estimate of drug-likeness (QED) is 0.656. The summed E-state index contributed by atoms with van der Waals surface area (Å²) in [5, 5.41) is 10.9. The van der Waals surface area contributed by atoms with Crippen LogP contribution in [0.5, 0.6) is 0 Å². The van der Waals surface area contributed by atoms with Crippen molar-refractivity contribution in [1.29, 1.82) is 0 Å². The van der Waals surface area contributed by atoms with E-state index in [2.05, 4.69) is 5.16 Å². The molecule has 1 heterocycles. The van der Waals surface area contributed by atoms with Gasteiger partial charge < -0.3 is 4.52 Å². The summed E-state index contributed by atoms with van der Waals surface area (Å²) < 4.78 is 29.8. The van der Waals surface area contributed by atoms with Gasteiger partial charge in [-0.2, -0.15) is 0 Å². The molecule has 1 atom stereocenters. The maximum Gasteiger partial charge on any atom is 0.296 e. The van der Waals surface area contributed by atoms with Crippen molar-refractivity contribution in [3.8, 4) is 0 Å². The monoisotopic (exact) mass is 310 g/mol. The normalized spacial score (nSPS) is 12.9. The molecule has 0 aliphatic carbocycles. The van der Waals surface area contributed by atoms with Gasteiger partial charge in [0.2, 0.25) is 0 Å². The number of hydrogen-bond donors (Lipinski definition) is 2. The van der Waals surface area contributed by atoms with E-state index in [9.17, 15) is 13.2 Å². The molecule has 0 saturated heterocycles. The molecule has 1 aromatic heterocycles. The van der Waals surface area contributed by atoms with Gasteiger partial charge >= 0.3 is 0 Å². The molecule has 0 saturated carbocycles. The molecule has 21 heavy (non-hydrogen) atoms. The van der Waals surface area contributed by atoms with Gasteiger partial charge in [-0.25, -0.2) is 13.9 Å². The summed E-state index contributed by atoms with van der Waals surface area (Å²) >= 11 is 0. The van der Waals surface area contributed by atoms with Gasteiger partial charge in [0.25, 0.3) is 5.91 Å². The Labute approximate surface area is 121 Å². The number of hydrogen-bond acceptors (Lipinski definition) is 6. The summed E-state index contributed by atoms with van der Waals surface area (Å²) in [6.45, 7) is 3.30. The van der Waals surface area contributed by atoms with Crippen molar-refractivity contribution in [2.75, 3.05) is 0 Å². The van der Waals surface area contributed by atoms with Crippen LogP contribution in [0.15, 0.2) is 39.8 Å². The lowest BCUT2D eigenvalue weighted by Crippen LogP contribution is -2.18. The number of hydroxylamine groups is 1. The summed E-state index contributed by atoms with van der Waals surface area (Å²) in [6.07, 6.45) is 0. The average Bonchev–Trinajstić information content (AvgIpc) is 2.95. The minimum absolute atomic E-state index is 0.0224. The van der Waals surface area contributed by atoms with E-state index in [1.165, 1.54) is 30.6 Å². The number of amides is 1. The zero-order valence-corrected chi connectivity index (χ0v) is 12.2. The maximum atomic E-state index is 12.5. The van der Waals surface area contributed by atoms with Crippen LogP contribution in [0.1, 0.15) is 34.0 Å². The van der Waals surface area contributed by atoms with E-state index in [4.69, 9.17) is 9.73 Å². The number of aryl methyl sites for hydroxylation is 1. The van der Waals surface area contributed by atoms with Gasteiger partial charge in [0, 0.05) is 6.07 Å². The molecular formula is C13H14N2O5S. The lowest BCUT2D eigenvalue weighted by molar-refractivity contribution is 0.0696. The van der Waals surface area contributed by atoms with Crippen LogP contribution in [-0.4, -0.2) is 24.7 Å². The standard InChI is InChI=1S/C13H14N2O5S/c1-8-3-5-10(6-4-8)21(18,19)9(2)12-7-11(15-20-12)13(16)14-17/h3-7,9,17H,1-2H3,(H,14,16). The van der Waals surface area contributed by atoms with Crippen LogP contribution in [-0.2, 0) is 9.84 Å². The second-order valence-electron chi connectivity index (χ2n) is 4.56. The maximum absolute atomic E-state index is 12.5. The molecule has 2 aromatic rings. The summed E-state index contributed by atoms with van der Waals surface area (Å²) in [5.74, 6) is -0.848. The van der Waals surface area contributed by atoms with E-state index < -0.39 is 21.0 Å². The fourth-order valence-electron chi connectivity index (χ4n) is 1.73. The highest BCUT2D eigenvalue weighted by Crippen LogP contribution is 2.29. The fraction of sp³-hybridized carbons (Fsp3) is 0.231. The predicted molar refractivity (Wildman–Crippen MR) is 72.5 cm³/mol. The number of nitrogens with zero attached hydrogens (tertiary/aromatic N) is 1. The third kappa shape index (κ3) is 2.96. The van der Waals surface area contributed by atoms with Crippen molar-refractivity contribution in [3.63, 3.8) is 0 Å². The zero-order valence-electron chi connectivity index (χ0n) is 11.4. The van der Waals surface area contributed by atoms with Crippen LogP contribution in [0, 0.1) is 6.92 Å². The summed E-state index contributed by atoms with van der Waals surface area (Å²) in [4.78, 5) is 11.3. The third-order valence-corrected chi connectivity index (χ3v) is 5.17. The van der Waals surface area contributed by atoms with E-state index in [1.54, 1.807) is 12.1 Å².